The number of amides is 2. The molecule has 0 heterocycles. The lowest BCUT2D eigenvalue weighted by molar-refractivity contribution is -0.121. The van der Waals surface area contributed by atoms with E-state index in [1.54, 1.807) is 24.1 Å². The van der Waals surface area contributed by atoms with Crippen molar-refractivity contribution in [2.24, 2.45) is 0 Å². The van der Waals surface area contributed by atoms with Gasteiger partial charge in [0, 0.05) is 25.6 Å². The minimum atomic E-state index is -0.103. The van der Waals surface area contributed by atoms with Gasteiger partial charge in [0.15, 0.2) is 0 Å². The summed E-state index contributed by atoms with van der Waals surface area (Å²) in [5.74, 6) is 0.534. The molecule has 132 valence electrons. The second-order valence-corrected chi connectivity index (χ2v) is 5.82. The van der Waals surface area contributed by atoms with Crippen molar-refractivity contribution >= 4 is 17.5 Å². The summed E-state index contributed by atoms with van der Waals surface area (Å²) in [7, 11) is 1.59. The van der Waals surface area contributed by atoms with E-state index in [-0.39, 0.29) is 24.3 Å². The third kappa shape index (κ3) is 5.35. The fourth-order valence-electron chi connectivity index (χ4n) is 2.58. The third-order valence-electron chi connectivity index (χ3n) is 4.00. The topological polar surface area (TPSA) is 58.6 Å². The number of carbonyl (C=O) groups excluding carboxylic acids is 2. The van der Waals surface area contributed by atoms with E-state index >= 15 is 0 Å². The number of rotatable bonds is 7. The highest BCUT2D eigenvalue weighted by molar-refractivity contribution is 5.92. The summed E-state index contributed by atoms with van der Waals surface area (Å²) in [6, 6.07) is 16.9. The number of ether oxygens (including phenoxy) is 1. The maximum atomic E-state index is 12.2. The van der Waals surface area contributed by atoms with E-state index in [4.69, 9.17) is 4.74 Å². The van der Waals surface area contributed by atoms with Crippen LogP contribution < -0.4 is 15.0 Å². The predicted octanol–water partition coefficient (Wildman–Crippen LogP) is 3.32. The van der Waals surface area contributed by atoms with Crippen molar-refractivity contribution in [3.63, 3.8) is 0 Å². The number of carbonyl (C=O) groups is 2. The molecule has 5 nitrogen and oxygen atoms in total. The molecule has 0 spiro atoms. The van der Waals surface area contributed by atoms with Crippen LogP contribution in [-0.2, 0) is 9.59 Å². The average Bonchev–Trinajstić information content (AvgIpc) is 2.62. The lowest BCUT2D eigenvalue weighted by Gasteiger charge is -2.22. The summed E-state index contributed by atoms with van der Waals surface area (Å²) in [5.41, 5.74) is 1.80. The quantitative estimate of drug-likeness (QED) is 0.841. The summed E-state index contributed by atoms with van der Waals surface area (Å²) in [6.07, 6.45) is 0.239. The molecule has 2 rings (SSSR count). The first-order valence-corrected chi connectivity index (χ1v) is 8.27. The summed E-state index contributed by atoms with van der Waals surface area (Å²) in [5, 5.41) is 2.96. The molecule has 0 aliphatic carbocycles. The molecular weight excluding hydrogens is 316 g/mol. The van der Waals surface area contributed by atoms with Crippen molar-refractivity contribution in [1.29, 1.82) is 0 Å². The standard InChI is InChI=1S/C20H24N2O3/c1-15(17-7-5-4-6-8-17)21-20(24)13-14-22(16(2)23)18-9-11-19(25-3)12-10-18/h4-12,15H,13-14H2,1-3H3,(H,21,24). The molecule has 0 saturated carbocycles. The van der Waals surface area contributed by atoms with Crippen LogP contribution in [0.1, 0.15) is 31.9 Å². The van der Waals surface area contributed by atoms with Gasteiger partial charge in [-0.2, -0.15) is 0 Å². The first kappa shape index (κ1) is 18.5. The highest BCUT2D eigenvalue weighted by Gasteiger charge is 2.15. The van der Waals surface area contributed by atoms with Gasteiger partial charge in [-0.25, -0.2) is 0 Å². The molecule has 25 heavy (non-hydrogen) atoms. The van der Waals surface area contributed by atoms with Crippen LogP contribution in [0.3, 0.4) is 0 Å². The minimum Gasteiger partial charge on any atom is -0.497 e. The van der Waals surface area contributed by atoms with Gasteiger partial charge in [-0.05, 0) is 36.8 Å². The van der Waals surface area contributed by atoms with Gasteiger partial charge >= 0.3 is 0 Å². The molecule has 0 saturated heterocycles. The monoisotopic (exact) mass is 340 g/mol. The number of methoxy groups -OCH3 is 1. The second kappa shape index (κ2) is 8.87. The van der Waals surface area contributed by atoms with Crippen LogP contribution in [0.25, 0.3) is 0 Å². The molecular formula is C20H24N2O3. The Morgan fingerprint density at radius 1 is 1.08 bits per heavy atom. The predicted molar refractivity (Wildman–Crippen MR) is 98.6 cm³/mol. The molecule has 0 aromatic heterocycles. The first-order valence-electron chi connectivity index (χ1n) is 8.27. The molecule has 2 amide bonds. The Balaban J connectivity index is 1.94. The first-order chi connectivity index (χ1) is 12.0. The van der Waals surface area contributed by atoms with Gasteiger partial charge in [0.25, 0.3) is 0 Å². The Kier molecular flexibility index (Phi) is 6.57. The van der Waals surface area contributed by atoms with Crippen LogP contribution in [-0.4, -0.2) is 25.5 Å². The fraction of sp³-hybridized carbons (Fsp3) is 0.300. The smallest absolute Gasteiger partial charge is 0.223 e. The van der Waals surface area contributed by atoms with Gasteiger partial charge in [-0.15, -0.1) is 0 Å². The van der Waals surface area contributed by atoms with Crippen LogP contribution in [0.5, 0.6) is 5.75 Å². The zero-order valence-corrected chi connectivity index (χ0v) is 14.9. The molecule has 0 bridgehead atoms. The summed E-state index contributed by atoms with van der Waals surface area (Å²) in [4.78, 5) is 25.7. The van der Waals surface area contributed by atoms with Crippen molar-refractivity contribution in [2.75, 3.05) is 18.6 Å². The summed E-state index contributed by atoms with van der Waals surface area (Å²) >= 11 is 0. The summed E-state index contributed by atoms with van der Waals surface area (Å²) < 4.78 is 5.13. The molecule has 1 N–H and O–H groups in total. The Labute approximate surface area is 148 Å². The summed E-state index contributed by atoms with van der Waals surface area (Å²) in [6.45, 7) is 3.77. The third-order valence-corrected chi connectivity index (χ3v) is 4.00. The zero-order chi connectivity index (χ0) is 18.2. The zero-order valence-electron chi connectivity index (χ0n) is 14.9. The lowest BCUT2D eigenvalue weighted by Crippen LogP contribution is -2.34. The highest BCUT2D eigenvalue weighted by Crippen LogP contribution is 2.20. The van der Waals surface area contributed by atoms with Crippen LogP contribution in [0.15, 0.2) is 54.6 Å². The minimum absolute atomic E-state index is 0.0690. The fourth-order valence-corrected chi connectivity index (χ4v) is 2.58. The molecule has 0 aliphatic rings. The Morgan fingerprint density at radius 2 is 1.72 bits per heavy atom. The molecule has 0 radical (unpaired) electrons. The SMILES string of the molecule is COc1ccc(N(CCC(=O)NC(C)c2ccccc2)C(C)=O)cc1. The highest BCUT2D eigenvalue weighted by atomic mass is 16.5. The van der Waals surface area contributed by atoms with Gasteiger partial charge in [0.2, 0.25) is 11.8 Å². The van der Waals surface area contributed by atoms with Gasteiger partial charge in [-0.3, -0.25) is 9.59 Å². The Morgan fingerprint density at radius 3 is 2.28 bits per heavy atom. The number of nitrogens with one attached hydrogen (secondary N) is 1. The van der Waals surface area contributed by atoms with Gasteiger partial charge in [0.05, 0.1) is 13.2 Å². The van der Waals surface area contributed by atoms with Crippen molar-refractivity contribution < 1.29 is 14.3 Å². The van der Waals surface area contributed by atoms with Crippen molar-refractivity contribution in [3.8, 4) is 5.75 Å². The van der Waals surface area contributed by atoms with E-state index in [9.17, 15) is 9.59 Å². The maximum Gasteiger partial charge on any atom is 0.223 e. The van der Waals surface area contributed by atoms with E-state index < -0.39 is 0 Å². The van der Waals surface area contributed by atoms with Crippen molar-refractivity contribution in [3.05, 3.63) is 60.2 Å². The largest absolute Gasteiger partial charge is 0.497 e. The molecule has 0 aliphatic heterocycles. The van der Waals surface area contributed by atoms with E-state index in [0.29, 0.717) is 6.54 Å². The average molecular weight is 340 g/mol. The Bertz CT molecular complexity index is 699. The van der Waals surface area contributed by atoms with E-state index in [2.05, 4.69) is 5.32 Å². The molecule has 1 atom stereocenters. The number of anilines is 1. The Hall–Kier alpha value is -2.82. The molecule has 0 fully saturated rings. The van der Waals surface area contributed by atoms with Gasteiger partial charge in [0.1, 0.15) is 5.75 Å². The second-order valence-electron chi connectivity index (χ2n) is 5.82. The van der Waals surface area contributed by atoms with E-state index in [1.807, 2.05) is 49.4 Å². The van der Waals surface area contributed by atoms with Crippen molar-refractivity contribution in [2.45, 2.75) is 26.3 Å². The van der Waals surface area contributed by atoms with E-state index in [0.717, 1.165) is 17.0 Å². The normalized spacial score (nSPS) is 11.5. The number of nitrogens with zero attached hydrogens (tertiary/aromatic N) is 1. The number of hydrogen-bond acceptors (Lipinski definition) is 3. The number of benzene rings is 2. The van der Waals surface area contributed by atoms with Gasteiger partial charge < -0.3 is 15.0 Å². The van der Waals surface area contributed by atoms with Crippen LogP contribution in [0.2, 0.25) is 0 Å². The molecule has 5 heteroatoms. The van der Waals surface area contributed by atoms with Crippen LogP contribution in [0.4, 0.5) is 5.69 Å². The molecule has 2 aromatic carbocycles. The van der Waals surface area contributed by atoms with Crippen LogP contribution in [0, 0.1) is 0 Å². The molecule has 1 unspecified atom stereocenters. The molecule has 2 aromatic rings. The van der Waals surface area contributed by atoms with Gasteiger partial charge in [-0.1, -0.05) is 30.3 Å². The maximum absolute atomic E-state index is 12.2. The van der Waals surface area contributed by atoms with Crippen molar-refractivity contribution in [1.82, 2.24) is 5.32 Å². The lowest BCUT2D eigenvalue weighted by atomic mass is 10.1. The van der Waals surface area contributed by atoms with E-state index in [1.165, 1.54) is 6.92 Å². The number of hydrogen-bond donors (Lipinski definition) is 1. The van der Waals surface area contributed by atoms with Crippen LogP contribution >= 0.6 is 0 Å².